The molecule has 0 saturated carbocycles. The van der Waals surface area contributed by atoms with E-state index in [1.807, 2.05) is 32.0 Å². The SMILES string of the molecule is COC(=O)[C@@H](NC(=O)N1CCc2ccccc2C1)C(C)C. The molecule has 2 amide bonds. The Morgan fingerprint density at radius 3 is 2.52 bits per heavy atom. The van der Waals surface area contributed by atoms with E-state index in [4.69, 9.17) is 4.74 Å². The zero-order chi connectivity index (χ0) is 15.4. The van der Waals surface area contributed by atoms with E-state index in [-0.39, 0.29) is 11.9 Å². The second-order valence-corrected chi connectivity index (χ2v) is 5.63. The molecule has 21 heavy (non-hydrogen) atoms. The van der Waals surface area contributed by atoms with Crippen LogP contribution in [-0.2, 0) is 22.5 Å². The number of methoxy groups -OCH3 is 1. The monoisotopic (exact) mass is 290 g/mol. The highest BCUT2D eigenvalue weighted by Gasteiger charge is 2.28. The molecule has 1 aromatic carbocycles. The van der Waals surface area contributed by atoms with Gasteiger partial charge in [-0.15, -0.1) is 0 Å². The summed E-state index contributed by atoms with van der Waals surface area (Å²) >= 11 is 0. The lowest BCUT2D eigenvalue weighted by Gasteiger charge is -2.31. The number of amides is 2. The van der Waals surface area contributed by atoms with Gasteiger partial charge in [0.25, 0.3) is 0 Å². The van der Waals surface area contributed by atoms with Gasteiger partial charge in [-0.25, -0.2) is 9.59 Å². The molecule has 0 unspecified atom stereocenters. The van der Waals surface area contributed by atoms with Crippen LogP contribution in [-0.4, -0.2) is 36.6 Å². The Hall–Kier alpha value is -2.04. The standard InChI is InChI=1S/C16H22N2O3/c1-11(2)14(15(19)21-3)17-16(20)18-9-8-12-6-4-5-7-13(12)10-18/h4-7,11,14H,8-10H2,1-3H3,(H,17,20)/t14-/m0/s1. The van der Waals surface area contributed by atoms with E-state index >= 15 is 0 Å². The zero-order valence-corrected chi connectivity index (χ0v) is 12.8. The maximum atomic E-state index is 12.4. The number of benzene rings is 1. The van der Waals surface area contributed by atoms with Gasteiger partial charge in [0, 0.05) is 13.1 Å². The Morgan fingerprint density at radius 1 is 1.24 bits per heavy atom. The summed E-state index contributed by atoms with van der Waals surface area (Å²) in [7, 11) is 1.33. The van der Waals surface area contributed by atoms with Crippen molar-refractivity contribution in [1.29, 1.82) is 0 Å². The summed E-state index contributed by atoms with van der Waals surface area (Å²) < 4.78 is 4.75. The van der Waals surface area contributed by atoms with Crippen LogP contribution in [0.2, 0.25) is 0 Å². The van der Waals surface area contributed by atoms with Crippen LogP contribution in [0.15, 0.2) is 24.3 Å². The van der Waals surface area contributed by atoms with Crippen molar-refractivity contribution in [3.05, 3.63) is 35.4 Å². The Morgan fingerprint density at radius 2 is 1.90 bits per heavy atom. The second-order valence-electron chi connectivity index (χ2n) is 5.63. The van der Waals surface area contributed by atoms with Gasteiger partial charge in [-0.2, -0.15) is 0 Å². The maximum absolute atomic E-state index is 12.4. The molecule has 1 aliphatic heterocycles. The number of hydrogen-bond donors (Lipinski definition) is 1. The normalized spacial score (nSPS) is 15.3. The van der Waals surface area contributed by atoms with Crippen molar-refractivity contribution in [2.75, 3.05) is 13.7 Å². The number of urea groups is 1. The van der Waals surface area contributed by atoms with Gasteiger partial charge in [0.1, 0.15) is 6.04 Å². The van der Waals surface area contributed by atoms with Crippen LogP contribution in [0.3, 0.4) is 0 Å². The van der Waals surface area contributed by atoms with Crippen LogP contribution in [0.1, 0.15) is 25.0 Å². The molecular weight excluding hydrogens is 268 g/mol. The van der Waals surface area contributed by atoms with Crippen LogP contribution in [0.4, 0.5) is 4.79 Å². The van der Waals surface area contributed by atoms with Crippen molar-refractivity contribution in [3.8, 4) is 0 Å². The number of rotatable bonds is 3. The molecule has 5 heteroatoms. The maximum Gasteiger partial charge on any atom is 0.328 e. The zero-order valence-electron chi connectivity index (χ0n) is 12.8. The number of nitrogens with zero attached hydrogens (tertiary/aromatic N) is 1. The van der Waals surface area contributed by atoms with Gasteiger partial charge in [-0.3, -0.25) is 0 Å². The third-order valence-corrected chi connectivity index (χ3v) is 3.82. The number of esters is 1. The highest BCUT2D eigenvalue weighted by Crippen LogP contribution is 2.18. The van der Waals surface area contributed by atoms with Gasteiger partial charge < -0.3 is 15.0 Å². The van der Waals surface area contributed by atoms with Crippen LogP contribution < -0.4 is 5.32 Å². The minimum atomic E-state index is -0.611. The predicted molar refractivity (Wildman–Crippen MR) is 79.7 cm³/mol. The molecule has 0 aromatic heterocycles. The average molecular weight is 290 g/mol. The highest BCUT2D eigenvalue weighted by molar-refractivity contribution is 5.83. The van der Waals surface area contributed by atoms with Gasteiger partial charge in [-0.1, -0.05) is 38.1 Å². The van der Waals surface area contributed by atoms with Crippen molar-refractivity contribution >= 4 is 12.0 Å². The summed E-state index contributed by atoms with van der Waals surface area (Å²) in [6, 6.07) is 7.30. The Kier molecular flexibility index (Phi) is 4.83. The summed E-state index contributed by atoms with van der Waals surface area (Å²) in [6.07, 6.45) is 0.841. The number of ether oxygens (including phenoxy) is 1. The van der Waals surface area contributed by atoms with Gasteiger partial charge in [0.15, 0.2) is 0 Å². The van der Waals surface area contributed by atoms with Crippen molar-refractivity contribution in [1.82, 2.24) is 10.2 Å². The molecule has 5 nitrogen and oxygen atoms in total. The smallest absolute Gasteiger partial charge is 0.328 e. The number of fused-ring (bicyclic) bond motifs is 1. The Labute approximate surface area is 125 Å². The first kappa shape index (κ1) is 15.4. The van der Waals surface area contributed by atoms with E-state index in [0.717, 1.165) is 12.0 Å². The first-order valence-electron chi connectivity index (χ1n) is 7.23. The number of carbonyl (C=O) groups is 2. The van der Waals surface area contributed by atoms with Crippen molar-refractivity contribution in [2.45, 2.75) is 32.9 Å². The largest absolute Gasteiger partial charge is 0.467 e. The highest BCUT2D eigenvalue weighted by atomic mass is 16.5. The molecule has 1 atom stereocenters. The molecule has 0 aliphatic carbocycles. The topological polar surface area (TPSA) is 58.6 Å². The van der Waals surface area contributed by atoms with Crippen LogP contribution >= 0.6 is 0 Å². The summed E-state index contributed by atoms with van der Waals surface area (Å²) in [6.45, 7) is 5.00. The number of nitrogens with one attached hydrogen (secondary N) is 1. The lowest BCUT2D eigenvalue weighted by molar-refractivity contribution is -0.144. The molecule has 1 N–H and O–H groups in total. The first-order chi connectivity index (χ1) is 10.0. The van der Waals surface area contributed by atoms with Gasteiger partial charge in [0.05, 0.1) is 7.11 Å². The molecule has 0 bridgehead atoms. The fourth-order valence-electron chi connectivity index (χ4n) is 2.52. The summed E-state index contributed by atoms with van der Waals surface area (Å²) in [5.74, 6) is -0.422. The molecular formula is C16H22N2O3. The van der Waals surface area contributed by atoms with Crippen LogP contribution in [0, 0.1) is 5.92 Å². The van der Waals surface area contributed by atoms with E-state index in [0.29, 0.717) is 13.1 Å². The van der Waals surface area contributed by atoms with E-state index < -0.39 is 12.0 Å². The molecule has 0 fully saturated rings. The Balaban J connectivity index is 2.03. The van der Waals surface area contributed by atoms with E-state index in [2.05, 4.69) is 11.4 Å². The molecule has 0 spiro atoms. The van der Waals surface area contributed by atoms with Gasteiger partial charge in [-0.05, 0) is 23.5 Å². The van der Waals surface area contributed by atoms with Crippen LogP contribution in [0.25, 0.3) is 0 Å². The third-order valence-electron chi connectivity index (χ3n) is 3.82. The Bertz CT molecular complexity index is 528. The molecule has 1 aliphatic rings. The van der Waals surface area contributed by atoms with Gasteiger partial charge >= 0.3 is 12.0 Å². The summed E-state index contributed by atoms with van der Waals surface area (Å²) in [5, 5.41) is 2.78. The number of hydrogen-bond acceptors (Lipinski definition) is 3. The minimum Gasteiger partial charge on any atom is -0.467 e. The summed E-state index contributed by atoms with van der Waals surface area (Å²) in [4.78, 5) is 25.8. The fraction of sp³-hybridized carbons (Fsp3) is 0.500. The third kappa shape index (κ3) is 3.54. The van der Waals surface area contributed by atoms with Crippen molar-refractivity contribution < 1.29 is 14.3 Å². The molecule has 0 radical (unpaired) electrons. The van der Waals surface area contributed by atoms with E-state index in [1.165, 1.54) is 12.7 Å². The molecule has 1 aromatic rings. The molecule has 1 heterocycles. The molecule has 114 valence electrons. The van der Waals surface area contributed by atoms with Crippen molar-refractivity contribution in [2.24, 2.45) is 5.92 Å². The predicted octanol–water partition coefficient (Wildman–Crippen LogP) is 1.95. The lowest BCUT2D eigenvalue weighted by Crippen LogP contribution is -2.51. The van der Waals surface area contributed by atoms with Crippen molar-refractivity contribution in [3.63, 3.8) is 0 Å². The fourth-order valence-corrected chi connectivity index (χ4v) is 2.52. The second kappa shape index (κ2) is 6.61. The average Bonchev–Trinajstić information content (AvgIpc) is 2.50. The first-order valence-corrected chi connectivity index (χ1v) is 7.23. The minimum absolute atomic E-state index is 0.0153. The molecule has 0 saturated heterocycles. The summed E-state index contributed by atoms with van der Waals surface area (Å²) in [5.41, 5.74) is 2.45. The van der Waals surface area contributed by atoms with E-state index in [9.17, 15) is 9.59 Å². The lowest BCUT2D eigenvalue weighted by atomic mass is 10.00. The van der Waals surface area contributed by atoms with Crippen LogP contribution in [0.5, 0.6) is 0 Å². The molecule has 2 rings (SSSR count). The number of carbonyl (C=O) groups excluding carboxylic acids is 2. The quantitative estimate of drug-likeness (QED) is 0.866. The van der Waals surface area contributed by atoms with Gasteiger partial charge in [0.2, 0.25) is 0 Å². The van der Waals surface area contributed by atoms with E-state index in [1.54, 1.807) is 4.90 Å².